The summed E-state index contributed by atoms with van der Waals surface area (Å²) in [7, 11) is 0. The van der Waals surface area contributed by atoms with Gasteiger partial charge in [-0.1, -0.05) is 42.5 Å². The Labute approximate surface area is 114 Å². The third kappa shape index (κ3) is 2.54. The number of aromatic nitrogens is 4. The van der Waals surface area contributed by atoms with E-state index in [2.05, 4.69) is 25.6 Å². The summed E-state index contributed by atoms with van der Waals surface area (Å²) < 4.78 is 0. The molecule has 6 nitrogen and oxygen atoms in total. The summed E-state index contributed by atoms with van der Waals surface area (Å²) in [6, 6.07) is 16.0. The third-order valence-corrected chi connectivity index (χ3v) is 2.70. The summed E-state index contributed by atoms with van der Waals surface area (Å²) in [5, 5.41) is 25.7. The van der Waals surface area contributed by atoms with Crippen LogP contribution in [0.25, 0.3) is 11.4 Å². The minimum absolute atomic E-state index is 0.282. The maximum Gasteiger partial charge on any atom is 0.204 e. The molecule has 3 rings (SSSR count). The average Bonchev–Trinajstić information content (AvgIpc) is 3.03. The lowest BCUT2D eigenvalue weighted by Gasteiger charge is -2.10. The van der Waals surface area contributed by atoms with Crippen LogP contribution in [0.4, 0.5) is 5.69 Å². The fourth-order valence-corrected chi connectivity index (χ4v) is 1.76. The van der Waals surface area contributed by atoms with Gasteiger partial charge in [0, 0.05) is 5.56 Å². The van der Waals surface area contributed by atoms with Crippen molar-refractivity contribution in [3.8, 4) is 11.4 Å². The topological polar surface area (TPSA) is 89.9 Å². The van der Waals surface area contributed by atoms with Crippen molar-refractivity contribution >= 4 is 11.6 Å². The molecule has 1 N–H and O–H groups in total. The number of aliphatic imine (C=N–C) groups is 1. The summed E-state index contributed by atoms with van der Waals surface area (Å²) in [6.45, 7) is 0. The molecule has 3 aromatic rings. The van der Waals surface area contributed by atoms with E-state index in [-0.39, 0.29) is 5.90 Å². The SMILES string of the molecule is [O-]C(=Nc1cccc(-c2nn[nH]n2)c1)c1ccccc1. The number of hydrogen-bond donors (Lipinski definition) is 1. The fourth-order valence-electron chi connectivity index (χ4n) is 1.76. The van der Waals surface area contributed by atoms with Gasteiger partial charge < -0.3 is 5.11 Å². The molecule has 0 bridgehead atoms. The molecule has 0 radical (unpaired) electrons. The Balaban J connectivity index is 1.94. The van der Waals surface area contributed by atoms with Crippen molar-refractivity contribution in [2.75, 3.05) is 0 Å². The minimum atomic E-state index is -0.282. The maximum absolute atomic E-state index is 12.0. The Morgan fingerprint density at radius 3 is 2.65 bits per heavy atom. The van der Waals surface area contributed by atoms with E-state index >= 15 is 0 Å². The fraction of sp³-hybridized carbons (Fsp3) is 0. The Morgan fingerprint density at radius 2 is 1.90 bits per heavy atom. The van der Waals surface area contributed by atoms with Gasteiger partial charge in [0.25, 0.3) is 0 Å². The molecule has 0 amide bonds. The lowest BCUT2D eigenvalue weighted by molar-refractivity contribution is -0.212. The van der Waals surface area contributed by atoms with Gasteiger partial charge in [0.1, 0.15) is 0 Å². The molecule has 0 aliphatic rings. The van der Waals surface area contributed by atoms with Crippen LogP contribution in [0.2, 0.25) is 0 Å². The highest BCUT2D eigenvalue weighted by atomic mass is 16.3. The van der Waals surface area contributed by atoms with Crippen molar-refractivity contribution < 1.29 is 5.11 Å². The number of tetrazole rings is 1. The Morgan fingerprint density at radius 1 is 1.05 bits per heavy atom. The standard InChI is InChI=1S/C14H11N5O/c20-14(10-5-2-1-3-6-10)15-12-8-4-7-11(9-12)13-16-18-19-17-13/h1-9H,(H,15,20)(H,16,17,18,19)/p-1. The van der Waals surface area contributed by atoms with Gasteiger partial charge in [-0.2, -0.15) is 5.21 Å². The molecule has 0 saturated carbocycles. The first-order chi connectivity index (χ1) is 9.83. The summed E-state index contributed by atoms with van der Waals surface area (Å²) >= 11 is 0. The molecule has 0 aliphatic heterocycles. The number of nitrogens with one attached hydrogen (secondary N) is 1. The summed E-state index contributed by atoms with van der Waals surface area (Å²) in [5.41, 5.74) is 1.86. The Hall–Kier alpha value is -3.02. The van der Waals surface area contributed by atoms with Gasteiger partial charge in [0.05, 0.1) is 5.69 Å². The molecule has 0 saturated heterocycles. The van der Waals surface area contributed by atoms with E-state index in [0.717, 1.165) is 5.56 Å². The van der Waals surface area contributed by atoms with Gasteiger partial charge in [-0.3, -0.25) is 4.99 Å². The second kappa shape index (κ2) is 5.31. The van der Waals surface area contributed by atoms with Crippen LogP contribution in [0, 0.1) is 0 Å². The van der Waals surface area contributed by atoms with Crippen LogP contribution in [0.15, 0.2) is 59.6 Å². The lowest BCUT2D eigenvalue weighted by Crippen LogP contribution is -2.18. The number of nitrogens with zero attached hydrogens (tertiary/aromatic N) is 4. The van der Waals surface area contributed by atoms with E-state index in [1.807, 2.05) is 12.1 Å². The summed E-state index contributed by atoms with van der Waals surface area (Å²) in [4.78, 5) is 4.07. The van der Waals surface area contributed by atoms with Crippen LogP contribution < -0.4 is 5.11 Å². The third-order valence-electron chi connectivity index (χ3n) is 2.70. The molecule has 1 aromatic heterocycles. The van der Waals surface area contributed by atoms with E-state index in [4.69, 9.17) is 0 Å². The molecule has 0 unspecified atom stereocenters. The van der Waals surface area contributed by atoms with Gasteiger partial charge >= 0.3 is 0 Å². The second-order valence-corrected chi connectivity index (χ2v) is 4.07. The number of hydrogen-bond acceptors (Lipinski definition) is 5. The van der Waals surface area contributed by atoms with Crippen LogP contribution in [0.3, 0.4) is 0 Å². The predicted molar refractivity (Wildman–Crippen MR) is 72.3 cm³/mol. The highest BCUT2D eigenvalue weighted by molar-refractivity contribution is 5.92. The van der Waals surface area contributed by atoms with Crippen molar-refractivity contribution in [1.82, 2.24) is 20.6 Å². The molecule has 0 spiro atoms. The van der Waals surface area contributed by atoms with Crippen LogP contribution >= 0.6 is 0 Å². The first-order valence-electron chi connectivity index (χ1n) is 5.98. The van der Waals surface area contributed by atoms with Crippen LogP contribution in [0.1, 0.15) is 5.56 Å². The molecule has 1 heterocycles. The van der Waals surface area contributed by atoms with E-state index in [9.17, 15) is 5.11 Å². The molecule has 0 aliphatic carbocycles. The van der Waals surface area contributed by atoms with Crippen LogP contribution in [-0.2, 0) is 0 Å². The van der Waals surface area contributed by atoms with E-state index < -0.39 is 0 Å². The second-order valence-electron chi connectivity index (χ2n) is 4.07. The molecule has 20 heavy (non-hydrogen) atoms. The average molecular weight is 264 g/mol. The van der Waals surface area contributed by atoms with E-state index in [0.29, 0.717) is 17.1 Å². The van der Waals surface area contributed by atoms with E-state index in [1.165, 1.54) is 0 Å². The van der Waals surface area contributed by atoms with Crippen LogP contribution in [0.5, 0.6) is 0 Å². The molecule has 0 fully saturated rings. The zero-order chi connectivity index (χ0) is 13.8. The predicted octanol–water partition coefficient (Wildman–Crippen LogP) is 1.31. The normalized spacial score (nSPS) is 11.5. The van der Waals surface area contributed by atoms with Gasteiger partial charge in [-0.05, 0) is 28.8 Å². The van der Waals surface area contributed by atoms with Gasteiger partial charge in [0.15, 0.2) is 0 Å². The maximum atomic E-state index is 12.0. The number of benzene rings is 2. The Bertz CT molecular complexity index is 722. The van der Waals surface area contributed by atoms with Crippen molar-refractivity contribution in [1.29, 1.82) is 0 Å². The van der Waals surface area contributed by atoms with Crippen LogP contribution in [-0.4, -0.2) is 26.5 Å². The highest BCUT2D eigenvalue weighted by Gasteiger charge is 2.02. The minimum Gasteiger partial charge on any atom is -0.858 e. The zero-order valence-corrected chi connectivity index (χ0v) is 10.4. The van der Waals surface area contributed by atoms with Crippen molar-refractivity contribution in [3.63, 3.8) is 0 Å². The van der Waals surface area contributed by atoms with Gasteiger partial charge in [-0.15, -0.1) is 10.2 Å². The number of aromatic amines is 1. The largest absolute Gasteiger partial charge is 0.858 e. The molecule has 98 valence electrons. The zero-order valence-electron chi connectivity index (χ0n) is 10.4. The highest BCUT2D eigenvalue weighted by Crippen LogP contribution is 2.20. The van der Waals surface area contributed by atoms with Crippen molar-refractivity contribution in [2.45, 2.75) is 0 Å². The molecule has 6 heteroatoms. The number of H-pyrrole nitrogens is 1. The first-order valence-corrected chi connectivity index (χ1v) is 5.98. The lowest BCUT2D eigenvalue weighted by atomic mass is 10.2. The molecule has 0 atom stereocenters. The monoisotopic (exact) mass is 264 g/mol. The van der Waals surface area contributed by atoms with E-state index in [1.54, 1.807) is 42.5 Å². The molecule has 2 aromatic carbocycles. The molecular formula is C14H10N5O-. The van der Waals surface area contributed by atoms with Crippen molar-refractivity contribution in [3.05, 3.63) is 60.2 Å². The van der Waals surface area contributed by atoms with Gasteiger partial charge in [0.2, 0.25) is 5.82 Å². The molecular weight excluding hydrogens is 254 g/mol. The van der Waals surface area contributed by atoms with Crippen molar-refractivity contribution in [2.24, 2.45) is 4.99 Å². The Kier molecular flexibility index (Phi) is 3.20. The smallest absolute Gasteiger partial charge is 0.204 e. The summed E-state index contributed by atoms with van der Waals surface area (Å²) in [5.74, 6) is 0.185. The number of rotatable bonds is 3. The van der Waals surface area contributed by atoms with Gasteiger partial charge in [-0.25, -0.2) is 0 Å². The first kappa shape index (κ1) is 12.0. The quantitative estimate of drug-likeness (QED) is 0.570. The summed E-state index contributed by atoms with van der Waals surface area (Å²) in [6.07, 6.45) is 0.